The second-order valence-corrected chi connectivity index (χ2v) is 9.37. The van der Waals surface area contributed by atoms with Crippen molar-refractivity contribution in [1.82, 2.24) is 10.6 Å². The van der Waals surface area contributed by atoms with Crippen LogP contribution in [0.15, 0.2) is 60.7 Å². The number of fused-ring (bicyclic) bond motifs is 3. The second kappa shape index (κ2) is 11.2. The van der Waals surface area contributed by atoms with Crippen molar-refractivity contribution < 1.29 is 29.0 Å². The number of alkyl carbamates (subject to hydrolysis) is 1. The third-order valence-electron chi connectivity index (χ3n) is 5.56. The number of rotatable bonds is 9. The minimum absolute atomic E-state index is 0.00373. The number of benzene rings is 2. The minimum atomic E-state index is -1.11. The largest absolute Gasteiger partial charge is 0.478 e. The highest BCUT2D eigenvalue weighted by Gasteiger charge is 2.32. The van der Waals surface area contributed by atoms with Crippen molar-refractivity contribution >= 4 is 18.0 Å². The van der Waals surface area contributed by atoms with Crippen molar-refractivity contribution in [1.29, 1.82) is 0 Å². The zero-order valence-corrected chi connectivity index (χ0v) is 20.4. The Kier molecular flexibility index (Phi) is 8.30. The van der Waals surface area contributed by atoms with Gasteiger partial charge in [-0.05, 0) is 49.9 Å². The van der Waals surface area contributed by atoms with Gasteiger partial charge in [0.15, 0.2) is 0 Å². The molecule has 0 aromatic heterocycles. The molecule has 2 atom stereocenters. The third-order valence-corrected chi connectivity index (χ3v) is 5.56. The lowest BCUT2D eigenvalue weighted by Crippen LogP contribution is -2.54. The van der Waals surface area contributed by atoms with Crippen LogP contribution in [0.4, 0.5) is 4.79 Å². The van der Waals surface area contributed by atoms with Crippen LogP contribution in [-0.4, -0.2) is 54.0 Å². The van der Waals surface area contributed by atoms with Crippen LogP contribution in [0, 0.1) is 0 Å². The van der Waals surface area contributed by atoms with Crippen molar-refractivity contribution in [2.75, 3.05) is 13.2 Å². The highest BCUT2D eigenvalue weighted by molar-refractivity contribution is 5.86. The highest BCUT2D eigenvalue weighted by atomic mass is 16.6. The molecule has 0 saturated heterocycles. The Labute approximate surface area is 205 Å². The first-order valence-corrected chi connectivity index (χ1v) is 11.5. The van der Waals surface area contributed by atoms with E-state index in [1.54, 1.807) is 6.92 Å². The first-order valence-electron chi connectivity index (χ1n) is 11.5. The summed E-state index contributed by atoms with van der Waals surface area (Å²) in [6.45, 7) is 7.34. The number of carbonyl (C=O) groups is 3. The predicted molar refractivity (Wildman–Crippen MR) is 132 cm³/mol. The molecule has 35 heavy (non-hydrogen) atoms. The lowest BCUT2D eigenvalue weighted by molar-refractivity contribution is -0.132. The van der Waals surface area contributed by atoms with Gasteiger partial charge in [0.2, 0.25) is 5.91 Å². The van der Waals surface area contributed by atoms with Crippen molar-refractivity contribution in [3.8, 4) is 11.1 Å². The molecule has 0 saturated carbocycles. The molecular formula is C27H32N2O6. The SMILES string of the molecule is C[C@@H](OC(C)(C)C)[C@H](NC(=O)OCC1c2ccccc2-c2ccccc21)C(=O)NC/C=C/C(=O)O. The number of hydrogen-bond donors (Lipinski definition) is 3. The summed E-state index contributed by atoms with van der Waals surface area (Å²) < 4.78 is 11.5. The minimum Gasteiger partial charge on any atom is -0.478 e. The normalized spacial score (nSPS) is 14.6. The van der Waals surface area contributed by atoms with Crippen LogP contribution < -0.4 is 10.6 Å². The molecule has 186 valence electrons. The Balaban J connectivity index is 1.68. The zero-order valence-electron chi connectivity index (χ0n) is 20.4. The van der Waals surface area contributed by atoms with Crippen molar-refractivity contribution in [2.24, 2.45) is 0 Å². The van der Waals surface area contributed by atoms with Gasteiger partial charge in [-0.1, -0.05) is 54.6 Å². The van der Waals surface area contributed by atoms with Crippen LogP contribution in [0.5, 0.6) is 0 Å². The van der Waals surface area contributed by atoms with Crippen LogP contribution in [-0.2, 0) is 19.1 Å². The van der Waals surface area contributed by atoms with Gasteiger partial charge in [0.05, 0.1) is 11.7 Å². The molecule has 0 aliphatic heterocycles. The number of ether oxygens (including phenoxy) is 2. The molecule has 2 aromatic rings. The number of carbonyl (C=O) groups excluding carboxylic acids is 2. The second-order valence-electron chi connectivity index (χ2n) is 9.37. The lowest BCUT2D eigenvalue weighted by atomic mass is 9.98. The summed E-state index contributed by atoms with van der Waals surface area (Å²) in [6.07, 6.45) is 0.833. The average Bonchev–Trinajstić information content (AvgIpc) is 3.11. The molecular weight excluding hydrogens is 448 g/mol. The predicted octanol–water partition coefficient (Wildman–Crippen LogP) is 3.85. The smallest absolute Gasteiger partial charge is 0.407 e. The van der Waals surface area contributed by atoms with Gasteiger partial charge in [0, 0.05) is 18.5 Å². The molecule has 2 amide bonds. The van der Waals surface area contributed by atoms with Crippen LogP contribution in [0.1, 0.15) is 44.7 Å². The Bertz CT molecular complexity index is 1060. The van der Waals surface area contributed by atoms with E-state index < -0.39 is 35.7 Å². The fourth-order valence-electron chi connectivity index (χ4n) is 4.22. The van der Waals surface area contributed by atoms with E-state index in [4.69, 9.17) is 14.6 Å². The standard InChI is InChI=1S/C27H32N2O6/c1-17(35-27(2,3)4)24(25(32)28-15-9-14-23(30)31)29-26(33)34-16-22-20-12-7-5-10-18(20)19-11-6-8-13-21(19)22/h5-14,17,22,24H,15-16H2,1-4H3,(H,28,32)(H,29,33)(H,30,31)/b14-9+/t17-,24+/m1/s1. The van der Waals surface area contributed by atoms with Crippen LogP contribution >= 0.6 is 0 Å². The molecule has 0 radical (unpaired) electrons. The summed E-state index contributed by atoms with van der Waals surface area (Å²) >= 11 is 0. The molecule has 8 heteroatoms. The molecule has 1 aliphatic carbocycles. The van der Waals surface area contributed by atoms with E-state index in [2.05, 4.69) is 22.8 Å². The first-order chi connectivity index (χ1) is 16.6. The van der Waals surface area contributed by atoms with Gasteiger partial charge in [-0.25, -0.2) is 9.59 Å². The quantitative estimate of drug-likeness (QED) is 0.470. The van der Waals surface area contributed by atoms with Gasteiger partial charge >= 0.3 is 12.1 Å². The number of amides is 2. The number of aliphatic carboxylic acids is 1. The molecule has 0 fully saturated rings. The van der Waals surface area contributed by atoms with E-state index in [9.17, 15) is 14.4 Å². The molecule has 0 bridgehead atoms. The number of carboxylic acids is 1. The molecule has 0 spiro atoms. The maximum Gasteiger partial charge on any atom is 0.407 e. The molecule has 0 unspecified atom stereocenters. The molecule has 2 aromatic carbocycles. The van der Waals surface area contributed by atoms with E-state index in [-0.39, 0.29) is 19.1 Å². The third kappa shape index (κ3) is 6.93. The van der Waals surface area contributed by atoms with E-state index in [1.807, 2.05) is 57.2 Å². The Morgan fingerprint density at radius 3 is 2.14 bits per heavy atom. The Morgan fingerprint density at radius 2 is 1.60 bits per heavy atom. The Morgan fingerprint density at radius 1 is 1.03 bits per heavy atom. The van der Waals surface area contributed by atoms with E-state index in [0.29, 0.717) is 0 Å². The lowest BCUT2D eigenvalue weighted by Gasteiger charge is -2.30. The van der Waals surface area contributed by atoms with Gasteiger partial charge in [0.25, 0.3) is 0 Å². The number of hydrogen-bond acceptors (Lipinski definition) is 5. The summed E-state index contributed by atoms with van der Waals surface area (Å²) in [7, 11) is 0. The maximum atomic E-state index is 12.8. The maximum absolute atomic E-state index is 12.8. The van der Waals surface area contributed by atoms with Gasteiger partial charge in [-0.15, -0.1) is 0 Å². The van der Waals surface area contributed by atoms with Gasteiger partial charge in [0.1, 0.15) is 12.6 Å². The summed E-state index contributed by atoms with van der Waals surface area (Å²) in [5.74, 6) is -1.73. The fourth-order valence-corrected chi connectivity index (χ4v) is 4.22. The summed E-state index contributed by atoms with van der Waals surface area (Å²) in [5, 5.41) is 13.9. The van der Waals surface area contributed by atoms with Crippen LogP contribution in [0.3, 0.4) is 0 Å². The molecule has 8 nitrogen and oxygen atoms in total. The van der Waals surface area contributed by atoms with Crippen molar-refractivity contribution in [3.63, 3.8) is 0 Å². The number of nitrogens with one attached hydrogen (secondary N) is 2. The van der Waals surface area contributed by atoms with Crippen molar-refractivity contribution in [2.45, 2.75) is 51.4 Å². The zero-order chi connectivity index (χ0) is 25.6. The topological polar surface area (TPSA) is 114 Å². The fraction of sp³-hybridized carbons (Fsp3) is 0.370. The molecule has 0 heterocycles. The first kappa shape index (κ1) is 26.0. The molecule has 3 rings (SSSR count). The summed E-state index contributed by atoms with van der Waals surface area (Å²) in [6, 6.07) is 15.0. The van der Waals surface area contributed by atoms with E-state index >= 15 is 0 Å². The Hall–Kier alpha value is -3.65. The average molecular weight is 481 g/mol. The highest BCUT2D eigenvalue weighted by Crippen LogP contribution is 2.44. The van der Waals surface area contributed by atoms with Crippen molar-refractivity contribution in [3.05, 3.63) is 71.8 Å². The summed E-state index contributed by atoms with van der Waals surface area (Å²) in [5.41, 5.74) is 3.87. The summed E-state index contributed by atoms with van der Waals surface area (Å²) in [4.78, 5) is 36.2. The van der Waals surface area contributed by atoms with Gasteiger partial charge in [-0.3, -0.25) is 4.79 Å². The monoisotopic (exact) mass is 480 g/mol. The van der Waals surface area contributed by atoms with Crippen LogP contribution in [0.25, 0.3) is 11.1 Å². The number of carboxylic acid groups (broad SMARTS) is 1. The van der Waals surface area contributed by atoms with Gasteiger partial charge in [-0.2, -0.15) is 0 Å². The van der Waals surface area contributed by atoms with Crippen LogP contribution in [0.2, 0.25) is 0 Å². The molecule has 1 aliphatic rings. The van der Waals surface area contributed by atoms with E-state index in [1.165, 1.54) is 6.08 Å². The van der Waals surface area contributed by atoms with Gasteiger partial charge < -0.3 is 25.2 Å². The molecule has 3 N–H and O–H groups in total. The van der Waals surface area contributed by atoms with E-state index in [0.717, 1.165) is 28.3 Å².